The molecule has 2 atom stereocenters. The second-order valence-corrected chi connectivity index (χ2v) is 3.47. The van der Waals surface area contributed by atoms with Crippen LogP contribution in [0.1, 0.15) is 13.3 Å². The van der Waals surface area contributed by atoms with Gasteiger partial charge in [-0.05, 0) is 12.3 Å². The summed E-state index contributed by atoms with van der Waals surface area (Å²) in [6, 6.07) is 0.242. The molecule has 4 nitrogen and oxygen atoms in total. The summed E-state index contributed by atoms with van der Waals surface area (Å²) in [5.41, 5.74) is 11.1. The van der Waals surface area contributed by atoms with Gasteiger partial charge in [0.25, 0.3) is 0 Å². The Morgan fingerprint density at radius 3 is 2.83 bits per heavy atom. The Balaban J connectivity index is 2.45. The highest BCUT2D eigenvalue weighted by Crippen LogP contribution is 2.14. The number of carbonyl (C=O) groups is 1. The molecule has 1 heterocycles. The molecule has 0 aromatic heterocycles. The van der Waals surface area contributed by atoms with Gasteiger partial charge in [0.1, 0.15) is 0 Å². The molecule has 4 heteroatoms. The number of nitrogens with zero attached hydrogens (tertiary/aromatic N) is 1. The summed E-state index contributed by atoms with van der Waals surface area (Å²) < 4.78 is 0. The van der Waals surface area contributed by atoms with Gasteiger partial charge in [-0.15, -0.1) is 0 Å². The smallest absolute Gasteiger partial charge is 0.236 e. The molecule has 0 radical (unpaired) electrons. The Hall–Kier alpha value is -0.610. The lowest BCUT2D eigenvalue weighted by Gasteiger charge is -2.34. The average Bonchev–Trinajstić information content (AvgIpc) is 2.08. The van der Waals surface area contributed by atoms with Crippen molar-refractivity contribution < 1.29 is 4.79 Å². The van der Waals surface area contributed by atoms with E-state index in [2.05, 4.69) is 6.92 Å². The highest BCUT2D eigenvalue weighted by atomic mass is 16.2. The van der Waals surface area contributed by atoms with Gasteiger partial charge in [0.2, 0.25) is 5.91 Å². The van der Waals surface area contributed by atoms with Gasteiger partial charge >= 0.3 is 0 Å². The highest BCUT2D eigenvalue weighted by Gasteiger charge is 2.25. The Morgan fingerprint density at radius 1 is 1.67 bits per heavy atom. The van der Waals surface area contributed by atoms with Crippen molar-refractivity contribution in [2.24, 2.45) is 17.4 Å². The standard InChI is InChI=1S/C8H17N3O/c1-6-5-11(8(12)4-9)3-2-7(6)10/h6-7H,2-5,9-10H2,1H3. The average molecular weight is 171 g/mol. The van der Waals surface area contributed by atoms with E-state index >= 15 is 0 Å². The monoisotopic (exact) mass is 171 g/mol. The molecule has 1 fully saturated rings. The first-order chi connectivity index (χ1) is 5.65. The minimum Gasteiger partial charge on any atom is -0.341 e. The predicted octanol–water partition coefficient (Wildman–Crippen LogP) is -0.859. The van der Waals surface area contributed by atoms with Gasteiger partial charge in [-0.1, -0.05) is 6.92 Å². The van der Waals surface area contributed by atoms with E-state index in [9.17, 15) is 4.79 Å². The quantitative estimate of drug-likeness (QED) is 0.539. The molecular weight excluding hydrogens is 154 g/mol. The van der Waals surface area contributed by atoms with Crippen molar-refractivity contribution in [1.82, 2.24) is 4.90 Å². The van der Waals surface area contributed by atoms with Crippen LogP contribution >= 0.6 is 0 Å². The number of amides is 1. The normalized spacial score (nSPS) is 30.4. The lowest BCUT2D eigenvalue weighted by molar-refractivity contribution is -0.131. The van der Waals surface area contributed by atoms with Crippen molar-refractivity contribution in [2.75, 3.05) is 19.6 Å². The molecule has 0 saturated carbocycles. The van der Waals surface area contributed by atoms with Crippen molar-refractivity contribution in [3.05, 3.63) is 0 Å². The number of likely N-dealkylation sites (tertiary alicyclic amines) is 1. The second-order valence-electron chi connectivity index (χ2n) is 3.47. The summed E-state index contributed by atoms with van der Waals surface area (Å²) >= 11 is 0. The summed E-state index contributed by atoms with van der Waals surface area (Å²) in [6.07, 6.45) is 0.896. The molecule has 4 N–H and O–H groups in total. The SMILES string of the molecule is CC1CN(C(=O)CN)CCC1N. The number of hydrogen-bond acceptors (Lipinski definition) is 3. The van der Waals surface area contributed by atoms with Gasteiger partial charge in [0.15, 0.2) is 0 Å². The number of carbonyl (C=O) groups excluding carboxylic acids is 1. The molecule has 1 aliphatic heterocycles. The molecule has 0 aromatic rings. The number of hydrogen-bond donors (Lipinski definition) is 2. The molecule has 0 spiro atoms. The molecule has 1 amide bonds. The van der Waals surface area contributed by atoms with Crippen molar-refractivity contribution in [3.8, 4) is 0 Å². The minimum atomic E-state index is 0.0359. The van der Waals surface area contributed by atoms with E-state index in [0.29, 0.717) is 5.92 Å². The number of nitrogens with two attached hydrogens (primary N) is 2. The zero-order chi connectivity index (χ0) is 9.14. The lowest BCUT2D eigenvalue weighted by atomic mass is 9.95. The van der Waals surface area contributed by atoms with Gasteiger partial charge in [-0.2, -0.15) is 0 Å². The van der Waals surface area contributed by atoms with Gasteiger partial charge < -0.3 is 16.4 Å². The number of rotatable bonds is 1. The topological polar surface area (TPSA) is 72.3 Å². The van der Waals surface area contributed by atoms with Gasteiger partial charge in [0.05, 0.1) is 6.54 Å². The van der Waals surface area contributed by atoms with Crippen LogP contribution in [0.3, 0.4) is 0 Å². The van der Waals surface area contributed by atoms with Crippen LogP contribution in [0.5, 0.6) is 0 Å². The van der Waals surface area contributed by atoms with Crippen LogP contribution in [0.4, 0.5) is 0 Å². The van der Waals surface area contributed by atoms with Crippen LogP contribution in [0.15, 0.2) is 0 Å². The van der Waals surface area contributed by atoms with Gasteiger partial charge in [-0.3, -0.25) is 4.79 Å². The highest BCUT2D eigenvalue weighted by molar-refractivity contribution is 5.78. The van der Waals surface area contributed by atoms with E-state index in [0.717, 1.165) is 19.5 Å². The van der Waals surface area contributed by atoms with E-state index in [1.165, 1.54) is 0 Å². The van der Waals surface area contributed by atoms with Crippen LogP contribution in [0.2, 0.25) is 0 Å². The molecule has 0 aromatic carbocycles. The zero-order valence-electron chi connectivity index (χ0n) is 7.49. The molecular formula is C8H17N3O. The van der Waals surface area contributed by atoms with Gasteiger partial charge in [0, 0.05) is 19.1 Å². The minimum absolute atomic E-state index is 0.0359. The molecule has 1 rings (SSSR count). The van der Waals surface area contributed by atoms with E-state index in [1.54, 1.807) is 4.90 Å². The van der Waals surface area contributed by atoms with E-state index in [1.807, 2.05) is 0 Å². The van der Waals surface area contributed by atoms with E-state index in [-0.39, 0.29) is 18.5 Å². The summed E-state index contributed by atoms with van der Waals surface area (Å²) in [7, 11) is 0. The fourth-order valence-electron chi connectivity index (χ4n) is 1.52. The van der Waals surface area contributed by atoms with Gasteiger partial charge in [-0.25, -0.2) is 0 Å². The van der Waals surface area contributed by atoms with Crippen molar-refractivity contribution in [1.29, 1.82) is 0 Å². The van der Waals surface area contributed by atoms with Crippen LogP contribution < -0.4 is 11.5 Å². The molecule has 0 bridgehead atoms. The largest absolute Gasteiger partial charge is 0.341 e. The Morgan fingerprint density at radius 2 is 2.33 bits per heavy atom. The summed E-state index contributed by atoms with van der Waals surface area (Å²) in [4.78, 5) is 13.0. The zero-order valence-corrected chi connectivity index (χ0v) is 7.49. The molecule has 70 valence electrons. The van der Waals surface area contributed by atoms with E-state index in [4.69, 9.17) is 11.5 Å². The Labute approximate surface area is 72.9 Å². The van der Waals surface area contributed by atoms with E-state index < -0.39 is 0 Å². The summed E-state index contributed by atoms with van der Waals surface area (Å²) in [5, 5.41) is 0. The molecule has 2 unspecified atom stereocenters. The van der Waals surface area contributed by atoms with Crippen LogP contribution in [0.25, 0.3) is 0 Å². The van der Waals surface area contributed by atoms with Crippen molar-refractivity contribution in [3.63, 3.8) is 0 Å². The summed E-state index contributed by atoms with van der Waals surface area (Å²) in [6.45, 7) is 3.71. The Bertz CT molecular complexity index is 172. The first kappa shape index (κ1) is 9.48. The van der Waals surface area contributed by atoms with Crippen LogP contribution in [0, 0.1) is 5.92 Å². The van der Waals surface area contributed by atoms with Crippen LogP contribution in [-0.2, 0) is 4.79 Å². The third-order valence-electron chi connectivity index (χ3n) is 2.50. The number of piperidine rings is 1. The fourth-order valence-corrected chi connectivity index (χ4v) is 1.52. The third-order valence-corrected chi connectivity index (χ3v) is 2.50. The molecule has 1 saturated heterocycles. The first-order valence-corrected chi connectivity index (χ1v) is 4.38. The van der Waals surface area contributed by atoms with Crippen molar-refractivity contribution >= 4 is 5.91 Å². The fraction of sp³-hybridized carbons (Fsp3) is 0.875. The second kappa shape index (κ2) is 3.87. The van der Waals surface area contributed by atoms with Crippen molar-refractivity contribution in [2.45, 2.75) is 19.4 Å². The molecule has 1 aliphatic rings. The maximum Gasteiger partial charge on any atom is 0.236 e. The maximum absolute atomic E-state index is 11.2. The lowest BCUT2D eigenvalue weighted by Crippen LogP contribution is -2.49. The Kier molecular flexibility index (Phi) is 3.05. The maximum atomic E-state index is 11.2. The first-order valence-electron chi connectivity index (χ1n) is 4.38. The van der Waals surface area contributed by atoms with Crippen LogP contribution in [-0.4, -0.2) is 36.5 Å². The summed E-state index contributed by atoms with van der Waals surface area (Å²) in [5.74, 6) is 0.433. The molecule has 12 heavy (non-hydrogen) atoms. The molecule has 0 aliphatic carbocycles. The third kappa shape index (κ3) is 1.95. The predicted molar refractivity (Wildman–Crippen MR) is 47.4 cm³/mol.